The van der Waals surface area contributed by atoms with Gasteiger partial charge >= 0.3 is 0 Å². The maximum absolute atomic E-state index is 5.84. The molecular formula is C13H17BrO3. The molecule has 0 aromatic heterocycles. The van der Waals surface area contributed by atoms with Crippen LogP contribution in [0.15, 0.2) is 16.6 Å². The van der Waals surface area contributed by atoms with Crippen molar-refractivity contribution in [2.24, 2.45) is 0 Å². The number of rotatable bonds is 3. The Morgan fingerprint density at radius 3 is 2.76 bits per heavy atom. The van der Waals surface area contributed by atoms with Gasteiger partial charge in [-0.15, -0.1) is 0 Å². The lowest BCUT2D eigenvalue weighted by Gasteiger charge is -2.24. The summed E-state index contributed by atoms with van der Waals surface area (Å²) in [5.41, 5.74) is 1.06. The number of methoxy groups -OCH3 is 1. The fraction of sp³-hybridized carbons (Fsp3) is 0.538. The minimum absolute atomic E-state index is 0.118. The van der Waals surface area contributed by atoms with Crippen LogP contribution in [0.25, 0.3) is 0 Å². The topological polar surface area (TPSA) is 27.7 Å². The molecule has 2 rings (SSSR count). The predicted molar refractivity (Wildman–Crippen MR) is 69.7 cm³/mol. The molecule has 3 nitrogen and oxygen atoms in total. The van der Waals surface area contributed by atoms with E-state index in [-0.39, 0.29) is 6.29 Å². The van der Waals surface area contributed by atoms with E-state index in [4.69, 9.17) is 14.2 Å². The quantitative estimate of drug-likeness (QED) is 0.852. The van der Waals surface area contributed by atoms with E-state index in [1.54, 1.807) is 7.11 Å². The Hall–Kier alpha value is -0.740. The highest BCUT2D eigenvalue weighted by molar-refractivity contribution is 9.10. The summed E-state index contributed by atoms with van der Waals surface area (Å²) in [5.74, 6) is 1.67. The normalized spacial score (nSPS) is 20.1. The van der Waals surface area contributed by atoms with Crippen LogP contribution in [0.5, 0.6) is 11.5 Å². The zero-order valence-corrected chi connectivity index (χ0v) is 11.7. The number of aryl methyl sites for hydroxylation is 1. The first-order chi connectivity index (χ1) is 8.20. The molecule has 1 heterocycles. The van der Waals surface area contributed by atoms with Crippen molar-refractivity contribution >= 4 is 15.9 Å². The molecule has 0 radical (unpaired) electrons. The highest BCUT2D eigenvalue weighted by Gasteiger charge is 2.17. The Morgan fingerprint density at radius 1 is 1.29 bits per heavy atom. The van der Waals surface area contributed by atoms with Gasteiger partial charge in [0.1, 0.15) is 11.5 Å². The molecule has 0 saturated carbocycles. The van der Waals surface area contributed by atoms with Crippen molar-refractivity contribution < 1.29 is 14.2 Å². The third-order valence-corrected chi connectivity index (χ3v) is 3.47. The molecule has 4 heteroatoms. The van der Waals surface area contributed by atoms with E-state index in [0.717, 1.165) is 47.4 Å². The second-order valence-corrected chi connectivity index (χ2v) is 5.02. The van der Waals surface area contributed by atoms with Crippen molar-refractivity contribution in [3.05, 3.63) is 22.2 Å². The zero-order valence-electron chi connectivity index (χ0n) is 10.2. The molecule has 1 aliphatic rings. The van der Waals surface area contributed by atoms with Gasteiger partial charge in [-0.05, 0) is 53.4 Å². The molecule has 1 saturated heterocycles. The average molecular weight is 301 g/mol. The van der Waals surface area contributed by atoms with Crippen molar-refractivity contribution in [1.29, 1.82) is 0 Å². The maximum atomic E-state index is 5.84. The van der Waals surface area contributed by atoms with Gasteiger partial charge in [-0.1, -0.05) is 0 Å². The SMILES string of the molecule is COc1cc(Br)c(OC2CCCCO2)cc1C. The second kappa shape index (κ2) is 5.74. The molecule has 0 bridgehead atoms. The van der Waals surface area contributed by atoms with E-state index in [9.17, 15) is 0 Å². The number of hydrogen-bond donors (Lipinski definition) is 0. The molecule has 1 unspecified atom stereocenters. The van der Waals surface area contributed by atoms with Crippen molar-refractivity contribution in [3.8, 4) is 11.5 Å². The van der Waals surface area contributed by atoms with Crippen molar-refractivity contribution in [1.82, 2.24) is 0 Å². The summed E-state index contributed by atoms with van der Waals surface area (Å²) in [7, 11) is 1.67. The van der Waals surface area contributed by atoms with Gasteiger partial charge in [0.05, 0.1) is 18.2 Å². The van der Waals surface area contributed by atoms with Crippen LogP contribution in [-0.4, -0.2) is 20.0 Å². The predicted octanol–water partition coefficient (Wildman–Crippen LogP) is 3.67. The summed E-state index contributed by atoms with van der Waals surface area (Å²) in [5, 5.41) is 0. The average Bonchev–Trinajstić information content (AvgIpc) is 2.34. The standard InChI is InChI=1S/C13H17BrO3/c1-9-7-12(10(14)8-11(9)15-2)17-13-5-3-4-6-16-13/h7-8,13H,3-6H2,1-2H3. The summed E-state index contributed by atoms with van der Waals surface area (Å²) < 4.78 is 17.6. The minimum Gasteiger partial charge on any atom is -0.496 e. The van der Waals surface area contributed by atoms with Crippen LogP contribution in [0.2, 0.25) is 0 Å². The first kappa shape index (κ1) is 12.7. The van der Waals surface area contributed by atoms with Gasteiger partial charge in [0.25, 0.3) is 0 Å². The maximum Gasteiger partial charge on any atom is 0.199 e. The van der Waals surface area contributed by atoms with E-state index in [0.29, 0.717) is 0 Å². The van der Waals surface area contributed by atoms with E-state index in [2.05, 4.69) is 15.9 Å². The zero-order chi connectivity index (χ0) is 12.3. The van der Waals surface area contributed by atoms with Gasteiger partial charge in [0.2, 0.25) is 0 Å². The fourth-order valence-corrected chi connectivity index (χ4v) is 2.31. The van der Waals surface area contributed by atoms with E-state index in [1.165, 1.54) is 0 Å². The molecule has 1 aromatic carbocycles. The van der Waals surface area contributed by atoms with Gasteiger partial charge in [0.15, 0.2) is 6.29 Å². The van der Waals surface area contributed by atoms with Gasteiger partial charge in [0, 0.05) is 6.42 Å². The van der Waals surface area contributed by atoms with Gasteiger partial charge in [-0.2, -0.15) is 0 Å². The molecule has 94 valence electrons. The summed E-state index contributed by atoms with van der Waals surface area (Å²) in [4.78, 5) is 0. The third-order valence-electron chi connectivity index (χ3n) is 2.85. The van der Waals surface area contributed by atoms with E-state index >= 15 is 0 Å². The van der Waals surface area contributed by atoms with Gasteiger partial charge in [-0.3, -0.25) is 0 Å². The van der Waals surface area contributed by atoms with Crippen molar-refractivity contribution in [2.75, 3.05) is 13.7 Å². The lowest BCUT2D eigenvalue weighted by atomic mass is 10.2. The third kappa shape index (κ3) is 3.13. The van der Waals surface area contributed by atoms with Crippen LogP contribution < -0.4 is 9.47 Å². The molecule has 1 atom stereocenters. The van der Waals surface area contributed by atoms with E-state index in [1.807, 2.05) is 19.1 Å². The smallest absolute Gasteiger partial charge is 0.199 e. The summed E-state index contributed by atoms with van der Waals surface area (Å²) in [6, 6.07) is 3.90. The first-order valence-corrected chi connectivity index (χ1v) is 6.62. The molecule has 1 fully saturated rings. The lowest BCUT2D eigenvalue weighted by molar-refractivity contribution is -0.106. The Balaban J connectivity index is 2.12. The van der Waals surface area contributed by atoms with Crippen LogP contribution in [0.4, 0.5) is 0 Å². The fourth-order valence-electron chi connectivity index (χ4n) is 1.89. The van der Waals surface area contributed by atoms with Gasteiger partial charge in [-0.25, -0.2) is 0 Å². The van der Waals surface area contributed by atoms with Crippen LogP contribution >= 0.6 is 15.9 Å². The van der Waals surface area contributed by atoms with Crippen LogP contribution in [-0.2, 0) is 4.74 Å². The molecular weight excluding hydrogens is 284 g/mol. The number of halogens is 1. The minimum atomic E-state index is -0.118. The van der Waals surface area contributed by atoms with Crippen LogP contribution in [0, 0.1) is 6.92 Å². The van der Waals surface area contributed by atoms with Crippen LogP contribution in [0.1, 0.15) is 24.8 Å². The highest BCUT2D eigenvalue weighted by Crippen LogP contribution is 2.33. The summed E-state index contributed by atoms with van der Waals surface area (Å²) in [6.07, 6.45) is 3.13. The first-order valence-electron chi connectivity index (χ1n) is 5.83. The van der Waals surface area contributed by atoms with E-state index < -0.39 is 0 Å². The number of hydrogen-bond acceptors (Lipinski definition) is 3. The second-order valence-electron chi connectivity index (χ2n) is 4.17. The molecule has 1 aromatic rings. The Bertz CT molecular complexity index is 386. The summed E-state index contributed by atoms with van der Waals surface area (Å²) in [6.45, 7) is 2.79. The molecule has 0 N–H and O–H groups in total. The molecule has 1 aliphatic heterocycles. The van der Waals surface area contributed by atoms with Crippen molar-refractivity contribution in [2.45, 2.75) is 32.5 Å². The van der Waals surface area contributed by atoms with Crippen LogP contribution in [0.3, 0.4) is 0 Å². The lowest BCUT2D eigenvalue weighted by Crippen LogP contribution is -2.25. The molecule has 0 spiro atoms. The Kier molecular flexibility index (Phi) is 4.29. The molecule has 0 aliphatic carbocycles. The molecule has 17 heavy (non-hydrogen) atoms. The number of ether oxygens (including phenoxy) is 3. The van der Waals surface area contributed by atoms with Gasteiger partial charge < -0.3 is 14.2 Å². The highest BCUT2D eigenvalue weighted by atomic mass is 79.9. The molecule has 0 amide bonds. The number of benzene rings is 1. The Morgan fingerprint density at radius 2 is 2.12 bits per heavy atom. The largest absolute Gasteiger partial charge is 0.496 e. The Labute approximate surface area is 110 Å². The van der Waals surface area contributed by atoms with Crippen molar-refractivity contribution in [3.63, 3.8) is 0 Å². The summed E-state index contributed by atoms with van der Waals surface area (Å²) >= 11 is 3.49. The monoisotopic (exact) mass is 300 g/mol.